The average Bonchev–Trinajstić information content (AvgIpc) is 2.25. The van der Waals surface area contributed by atoms with Crippen LogP contribution in [0.4, 0.5) is 0 Å². The Bertz CT molecular complexity index is 482. The number of rotatable bonds is 6. The van der Waals surface area contributed by atoms with E-state index in [9.17, 15) is 13.2 Å². The molecule has 0 radical (unpaired) electrons. The van der Waals surface area contributed by atoms with Crippen LogP contribution in [0.15, 0.2) is 23.2 Å². The molecule has 0 aliphatic carbocycles. The molecule has 0 aliphatic heterocycles. The predicted molar refractivity (Wildman–Crippen MR) is 61.0 cm³/mol. The van der Waals surface area contributed by atoms with E-state index in [1.54, 1.807) is 13.0 Å². The van der Waals surface area contributed by atoms with Crippen molar-refractivity contribution in [2.45, 2.75) is 24.7 Å². The van der Waals surface area contributed by atoms with Crippen molar-refractivity contribution in [3.8, 4) is 0 Å². The van der Waals surface area contributed by atoms with Gasteiger partial charge >= 0.3 is 5.97 Å². The molecule has 17 heavy (non-hydrogen) atoms. The SMILES string of the molecule is Cc1ccc(S(=O)(=O)NCCCC(=O)O)cn1. The fourth-order valence-corrected chi connectivity index (χ4v) is 2.16. The number of carboxylic acid groups (broad SMARTS) is 1. The van der Waals surface area contributed by atoms with E-state index < -0.39 is 16.0 Å². The minimum absolute atomic E-state index is 0.0608. The number of carbonyl (C=O) groups is 1. The minimum atomic E-state index is -3.58. The number of aliphatic carboxylic acids is 1. The van der Waals surface area contributed by atoms with Crippen LogP contribution in [0.2, 0.25) is 0 Å². The van der Waals surface area contributed by atoms with Gasteiger partial charge in [-0.25, -0.2) is 13.1 Å². The van der Waals surface area contributed by atoms with Crippen LogP contribution in [0.25, 0.3) is 0 Å². The second-order valence-electron chi connectivity index (χ2n) is 3.53. The van der Waals surface area contributed by atoms with E-state index >= 15 is 0 Å². The summed E-state index contributed by atoms with van der Waals surface area (Å²) in [5, 5.41) is 8.40. The summed E-state index contributed by atoms with van der Waals surface area (Å²) in [5.41, 5.74) is 0.731. The van der Waals surface area contributed by atoms with E-state index in [0.717, 1.165) is 5.69 Å². The molecule has 1 aromatic heterocycles. The van der Waals surface area contributed by atoms with Crippen molar-refractivity contribution < 1.29 is 18.3 Å². The quantitative estimate of drug-likeness (QED) is 0.726. The van der Waals surface area contributed by atoms with E-state index in [0.29, 0.717) is 0 Å². The molecular weight excluding hydrogens is 244 g/mol. The summed E-state index contributed by atoms with van der Waals surface area (Å²) >= 11 is 0. The molecule has 6 nitrogen and oxygen atoms in total. The van der Waals surface area contributed by atoms with Crippen LogP contribution in [0.1, 0.15) is 18.5 Å². The molecule has 0 aliphatic rings. The van der Waals surface area contributed by atoms with Crippen LogP contribution in [0.3, 0.4) is 0 Å². The van der Waals surface area contributed by atoms with Gasteiger partial charge in [-0.3, -0.25) is 9.78 Å². The van der Waals surface area contributed by atoms with Gasteiger partial charge < -0.3 is 5.11 Å². The highest BCUT2D eigenvalue weighted by molar-refractivity contribution is 7.89. The van der Waals surface area contributed by atoms with Gasteiger partial charge in [-0.2, -0.15) is 0 Å². The van der Waals surface area contributed by atoms with Crippen LogP contribution in [-0.2, 0) is 14.8 Å². The lowest BCUT2D eigenvalue weighted by molar-refractivity contribution is -0.137. The van der Waals surface area contributed by atoms with Crippen molar-refractivity contribution in [2.24, 2.45) is 0 Å². The highest BCUT2D eigenvalue weighted by Gasteiger charge is 2.13. The number of hydrogen-bond donors (Lipinski definition) is 2. The molecule has 0 aromatic carbocycles. The Morgan fingerprint density at radius 3 is 2.71 bits per heavy atom. The van der Waals surface area contributed by atoms with E-state index in [4.69, 9.17) is 5.11 Å². The maximum absolute atomic E-state index is 11.7. The largest absolute Gasteiger partial charge is 0.481 e. The van der Waals surface area contributed by atoms with Gasteiger partial charge in [0.15, 0.2) is 0 Å². The predicted octanol–water partition coefficient (Wildman–Crippen LogP) is 0.533. The van der Waals surface area contributed by atoms with Crippen molar-refractivity contribution in [1.82, 2.24) is 9.71 Å². The zero-order chi connectivity index (χ0) is 12.9. The van der Waals surface area contributed by atoms with Gasteiger partial charge in [0.2, 0.25) is 10.0 Å². The Morgan fingerprint density at radius 1 is 1.47 bits per heavy atom. The molecule has 0 atom stereocenters. The standard InChI is InChI=1S/C10H14N2O4S/c1-8-4-5-9(7-11-8)17(15,16)12-6-2-3-10(13)14/h4-5,7,12H,2-3,6H2,1H3,(H,13,14). The summed E-state index contributed by atoms with van der Waals surface area (Å²) in [6.07, 6.45) is 1.47. The molecule has 0 spiro atoms. The van der Waals surface area contributed by atoms with Crippen LogP contribution in [0, 0.1) is 6.92 Å². The third-order valence-electron chi connectivity index (χ3n) is 2.05. The molecule has 1 heterocycles. The second-order valence-corrected chi connectivity index (χ2v) is 5.30. The molecule has 2 N–H and O–H groups in total. The smallest absolute Gasteiger partial charge is 0.303 e. The van der Waals surface area contributed by atoms with E-state index in [-0.39, 0.29) is 24.3 Å². The highest BCUT2D eigenvalue weighted by atomic mass is 32.2. The first-order valence-electron chi connectivity index (χ1n) is 5.06. The summed E-state index contributed by atoms with van der Waals surface area (Å²) in [4.78, 5) is 14.2. The van der Waals surface area contributed by atoms with Crippen LogP contribution in [-0.4, -0.2) is 31.0 Å². The topological polar surface area (TPSA) is 96.4 Å². The molecule has 7 heteroatoms. The summed E-state index contributed by atoms with van der Waals surface area (Å²) in [6.45, 7) is 1.86. The number of nitrogens with one attached hydrogen (secondary N) is 1. The zero-order valence-corrected chi connectivity index (χ0v) is 10.2. The fraction of sp³-hybridized carbons (Fsp3) is 0.400. The normalized spacial score (nSPS) is 11.4. The Balaban J connectivity index is 2.57. The molecule has 94 valence electrons. The van der Waals surface area contributed by atoms with Crippen molar-refractivity contribution >= 4 is 16.0 Å². The monoisotopic (exact) mass is 258 g/mol. The maximum Gasteiger partial charge on any atom is 0.303 e. The Labute approximate surface area is 99.7 Å². The zero-order valence-electron chi connectivity index (χ0n) is 9.38. The first kappa shape index (κ1) is 13.6. The van der Waals surface area contributed by atoms with Gasteiger partial charge in [0.05, 0.1) is 0 Å². The summed E-state index contributed by atoms with van der Waals surface area (Å²) in [6, 6.07) is 3.06. The molecule has 1 aromatic rings. The van der Waals surface area contributed by atoms with Crippen molar-refractivity contribution in [3.63, 3.8) is 0 Å². The Kier molecular flexibility index (Phi) is 4.59. The minimum Gasteiger partial charge on any atom is -0.481 e. The second kappa shape index (κ2) is 5.74. The van der Waals surface area contributed by atoms with Crippen molar-refractivity contribution in [2.75, 3.05) is 6.54 Å². The number of aromatic nitrogens is 1. The van der Waals surface area contributed by atoms with E-state index in [1.807, 2.05) is 0 Å². The van der Waals surface area contributed by atoms with Gasteiger partial charge in [0, 0.05) is 24.9 Å². The number of pyridine rings is 1. The lowest BCUT2D eigenvalue weighted by atomic mass is 10.3. The van der Waals surface area contributed by atoms with Gasteiger partial charge in [-0.05, 0) is 25.5 Å². The molecule has 0 saturated heterocycles. The van der Waals surface area contributed by atoms with E-state index in [2.05, 4.69) is 9.71 Å². The third-order valence-corrected chi connectivity index (χ3v) is 3.50. The van der Waals surface area contributed by atoms with Crippen molar-refractivity contribution in [1.29, 1.82) is 0 Å². The molecule has 0 saturated carbocycles. The van der Waals surface area contributed by atoms with Crippen molar-refractivity contribution in [3.05, 3.63) is 24.0 Å². The number of hydrogen-bond acceptors (Lipinski definition) is 4. The lowest BCUT2D eigenvalue weighted by Gasteiger charge is -2.05. The first-order valence-corrected chi connectivity index (χ1v) is 6.54. The van der Waals surface area contributed by atoms with Gasteiger partial charge in [0.1, 0.15) is 4.90 Å². The highest BCUT2D eigenvalue weighted by Crippen LogP contribution is 2.07. The molecule has 0 bridgehead atoms. The third kappa shape index (κ3) is 4.49. The van der Waals surface area contributed by atoms with Gasteiger partial charge in [-0.15, -0.1) is 0 Å². The number of nitrogens with zero attached hydrogens (tertiary/aromatic N) is 1. The lowest BCUT2D eigenvalue weighted by Crippen LogP contribution is -2.25. The Hall–Kier alpha value is -1.47. The maximum atomic E-state index is 11.7. The van der Waals surface area contributed by atoms with Crippen LogP contribution in [0.5, 0.6) is 0 Å². The average molecular weight is 258 g/mol. The molecule has 0 fully saturated rings. The molecule has 0 unspecified atom stereocenters. The fourth-order valence-electron chi connectivity index (χ4n) is 1.14. The number of sulfonamides is 1. The number of aryl methyl sites for hydroxylation is 1. The summed E-state index contributed by atoms with van der Waals surface area (Å²) < 4.78 is 25.7. The molecular formula is C10H14N2O4S. The summed E-state index contributed by atoms with van der Waals surface area (Å²) in [5.74, 6) is -0.943. The first-order chi connectivity index (χ1) is 7.92. The van der Waals surface area contributed by atoms with Gasteiger partial charge in [0.25, 0.3) is 0 Å². The molecule has 0 amide bonds. The van der Waals surface area contributed by atoms with Gasteiger partial charge in [-0.1, -0.05) is 0 Å². The molecule has 1 rings (SSSR count). The summed E-state index contributed by atoms with van der Waals surface area (Å²) in [7, 11) is -3.58. The van der Waals surface area contributed by atoms with Crippen LogP contribution >= 0.6 is 0 Å². The Morgan fingerprint density at radius 2 is 2.18 bits per heavy atom. The number of carboxylic acids is 1. The van der Waals surface area contributed by atoms with Crippen LogP contribution < -0.4 is 4.72 Å². The van der Waals surface area contributed by atoms with E-state index in [1.165, 1.54) is 12.3 Å².